The van der Waals surface area contributed by atoms with E-state index in [2.05, 4.69) is 0 Å². The Labute approximate surface area is 102 Å². The van der Waals surface area contributed by atoms with Crippen molar-refractivity contribution in [1.82, 2.24) is 0 Å². The summed E-state index contributed by atoms with van der Waals surface area (Å²) < 4.78 is 5.10. The van der Waals surface area contributed by atoms with Crippen LogP contribution < -0.4 is 11.5 Å². The average molecular weight is 236 g/mol. The summed E-state index contributed by atoms with van der Waals surface area (Å²) in [6.07, 6.45) is 2.05. The summed E-state index contributed by atoms with van der Waals surface area (Å²) in [5, 5.41) is 0. The largest absolute Gasteiger partial charge is 0.464 e. The first-order chi connectivity index (χ1) is 8.24. The lowest BCUT2D eigenvalue weighted by Gasteiger charge is -2.10. The normalized spacial score (nSPS) is 12.1. The zero-order chi connectivity index (χ0) is 12.5. The molecule has 0 radical (unpaired) electrons. The molecule has 94 valence electrons. The highest BCUT2D eigenvalue weighted by atomic mass is 16.5. The third-order valence-corrected chi connectivity index (χ3v) is 2.50. The molecule has 0 aromatic heterocycles. The van der Waals surface area contributed by atoms with Crippen LogP contribution in [0.1, 0.15) is 18.4 Å². The van der Waals surface area contributed by atoms with Gasteiger partial charge in [0.1, 0.15) is 6.04 Å². The summed E-state index contributed by atoms with van der Waals surface area (Å²) in [5.41, 5.74) is 12.1. The molecule has 0 unspecified atom stereocenters. The number of rotatable bonds is 7. The molecule has 0 heterocycles. The van der Waals surface area contributed by atoms with Crippen molar-refractivity contribution in [2.24, 2.45) is 11.5 Å². The Morgan fingerprint density at radius 2 is 2.00 bits per heavy atom. The summed E-state index contributed by atoms with van der Waals surface area (Å²) in [6, 6.07) is 9.34. The summed E-state index contributed by atoms with van der Waals surface area (Å²) in [6.45, 7) is 0.921. The van der Waals surface area contributed by atoms with Crippen molar-refractivity contribution in [2.45, 2.75) is 25.3 Å². The van der Waals surface area contributed by atoms with Gasteiger partial charge in [0.15, 0.2) is 0 Å². The molecule has 0 saturated carbocycles. The minimum atomic E-state index is -0.547. The summed E-state index contributed by atoms with van der Waals surface area (Å²) in [7, 11) is 0. The van der Waals surface area contributed by atoms with Crippen LogP contribution in [0.2, 0.25) is 0 Å². The lowest BCUT2D eigenvalue weighted by molar-refractivity contribution is -0.145. The lowest BCUT2D eigenvalue weighted by Crippen LogP contribution is -2.33. The maximum absolute atomic E-state index is 11.5. The number of benzene rings is 1. The zero-order valence-electron chi connectivity index (χ0n) is 9.97. The van der Waals surface area contributed by atoms with E-state index in [1.165, 1.54) is 0 Å². The molecular formula is C13H20N2O2. The Morgan fingerprint density at radius 3 is 2.65 bits per heavy atom. The average Bonchev–Trinajstić information content (AvgIpc) is 2.37. The van der Waals surface area contributed by atoms with E-state index in [-0.39, 0.29) is 5.97 Å². The van der Waals surface area contributed by atoms with Crippen LogP contribution in [-0.4, -0.2) is 25.2 Å². The van der Waals surface area contributed by atoms with E-state index in [4.69, 9.17) is 16.2 Å². The van der Waals surface area contributed by atoms with Crippen LogP contribution in [-0.2, 0) is 16.0 Å². The van der Waals surface area contributed by atoms with Gasteiger partial charge in [-0.25, -0.2) is 0 Å². The number of hydrogen-bond acceptors (Lipinski definition) is 4. The first kappa shape index (κ1) is 13.7. The monoisotopic (exact) mass is 236 g/mol. The first-order valence-corrected chi connectivity index (χ1v) is 5.90. The summed E-state index contributed by atoms with van der Waals surface area (Å²) in [4.78, 5) is 11.5. The van der Waals surface area contributed by atoms with Crippen molar-refractivity contribution in [2.75, 3.05) is 13.2 Å². The van der Waals surface area contributed by atoms with Crippen molar-refractivity contribution >= 4 is 5.97 Å². The number of carbonyl (C=O) groups is 1. The zero-order valence-corrected chi connectivity index (χ0v) is 9.97. The van der Waals surface area contributed by atoms with Gasteiger partial charge in [0.25, 0.3) is 0 Å². The fourth-order valence-corrected chi connectivity index (χ4v) is 1.48. The van der Waals surface area contributed by atoms with Crippen LogP contribution >= 0.6 is 0 Å². The Kier molecular flexibility index (Phi) is 6.29. The third kappa shape index (κ3) is 5.47. The van der Waals surface area contributed by atoms with Crippen LogP contribution in [0, 0.1) is 0 Å². The van der Waals surface area contributed by atoms with E-state index in [1.807, 2.05) is 30.3 Å². The fraction of sp³-hybridized carbons (Fsp3) is 0.462. The molecule has 0 saturated heterocycles. The fourth-order valence-electron chi connectivity index (χ4n) is 1.48. The first-order valence-electron chi connectivity index (χ1n) is 5.90. The Balaban J connectivity index is 2.20. The minimum Gasteiger partial charge on any atom is -0.464 e. The van der Waals surface area contributed by atoms with Crippen LogP contribution in [0.25, 0.3) is 0 Å². The second-order valence-electron chi connectivity index (χ2n) is 3.94. The second kappa shape index (κ2) is 7.81. The lowest BCUT2D eigenvalue weighted by atomic mass is 10.1. The van der Waals surface area contributed by atoms with Crippen molar-refractivity contribution in [1.29, 1.82) is 0 Å². The van der Waals surface area contributed by atoms with Gasteiger partial charge in [-0.2, -0.15) is 0 Å². The molecule has 4 nitrogen and oxygen atoms in total. The van der Waals surface area contributed by atoms with Gasteiger partial charge in [0.05, 0.1) is 6.61 Å². The SMILES string of the molecule is NCCC[C@H](N)C(=O)OCCc1ccccc1. The molecule has 4 heteroatoms. The molecule has 1 atom stereocenters. The van der Waals surface area contributed by atoms with Crippen molar-refractivity contribution in [3.05, 3.63) is 35.9 Å². The van der Waals surface area contributed by atoms with Crippen LogP contribution in [0.3, 0.4) is 0 Å². The van der Waals surface area contributed by atoms with Gasteiger partial charge < -0.3 is 16.2 Å². The summed E-state index contributed by atoms with van der Waals surface area (Å²) in [5.74, 6) is -0.339. The van der Waals surface area contributed by atoms with E-state index >= 15 is 0 Å². The van der Waals surface area contributed by atoms with Gasteiger partial charge in [-0.15, -0.1) is 0 Å². The highest BCUT2D eigenvalue weighted by molar-refractivity contribution is 5.75. The molecule has 1 rings (SSSR count). The number of esters is 1. The Hall–Kier alpha value is -1.39. The molecule has 0 amide bonds. The second-order valence-corrected chi connectivity index (χ2v) is 3.94. The maximum Gasteiger partial charge on any atom is 0.322 e. The summed E-state index contributed by atoms with van der Waals surface area (Å²) >= 11 is 0. The molecule has 0 spiro atoms. The van der Waals surface area contributed by atoms with Crippen LogP contribution in [0.5, 0.6) is 0 Å². The quantitative estimate of drug-likeness (QED) is 0.688. The molecule has 17 heavy (non-hydrogen) atoms. The van der Waals surface area contributed by atoms with Gasteiger partial charge in [0.2, 0.25) is 0 Å². The van der Waals surface area contributed by atoms with Gasteiger partial charge in [-0.05, 0) is 24.9 Å². The van der Waals surface area contributed by atoms with Crippen LogP contribution in [0.15, 0.2) is 30.3 Å². The van der Waals surface area contributed by atoms with E-state index in [0.717, 1.165) is 18.4 Å². The van der Waals surface area contributed by atoms with Gasteiger partial charge in [-0.3, -0.25) is 4.79 Å². The Morgan fingerprint density at radius 1 is 1.29 bits per heavy atom. The van der Waals surface area contributed by atoms with Gasteiger partial charge in [-0.1, -0.05) is 30.3 Å². The van der Waals surface area contributed by atoms with Crippen molar-refractivity contribution in [3.63, 3.8) is 0 Å². The molecule has 0 fully saturated rings. The predicted octanol–water partition coefficient (Wildman–Crippen LogP) is 0.839. The molecule has 1 aromatic carbocycles. The molecular weight excluding hydrogens is 216 g/mol. The molecule has 0 bridgehead atoms. The Bertz CT molecular complexity index is 327. The van der Waals surface area contributed by atoms with E-state index in [0.29, 0.717) is 19.6 Å². The minimum absolute atomic E-state index is 0.339. The standard InChI is InChI=1S/C13H20N2O2/c14-9-4-7-12(15)13(16)17-10-8-11-5-2-1-3-6-11/h1-3,5-6,12H,4,7-10,14-15H2/t12-/m0/s1. The maximum atomic E-state index is 11.5. The molecule has 1 aromatic rings. The number of nitrogens with two attached hydrogens (primary N) is 2. The topological polar surface area (TPSA) is 78.3 Å². The van der Waals surface area contributed by atoms with Crippen LogP contribution in [0.4, 0.5) is 0 Å². The molecule has 0 aliphatic carbocycles. The van der Waals surface area contributed by atoms with Gasteiger partial charge in [0, 0.05) is 6.42 Å². The molecule has 4 N–H and O–H groups in total. The number of hydrogen-bond donors (Lipinski definition) is 2. The predicted molar refractivity (Wildman–Crippen MR) is 67.4 cm³/mol. The number of carbonyl (C=O) groups excluding carboxylic acids is 1. The smallest absolute Gasteiger partial charge is 0.322 e. The molecule has 0 aliphatic heterocycles. The highest BCUT2D eigenvalue weighted by Crippen LogP contribution is 2.01. The number of ether oxygens (including phenoxy) is 1. The molecule has 0 aliphatic rings. The van der Waals surface area contributed by atoms with Gasteiger partial charge >= 0.3 is 5.97 Å². The third-order valence-electron chi connectivity index (χ3n) is 2.50. The van der Waals surface area contributed by atoms with E-state index < -0.39 is 6.04 Å². The van der Waals surface area contributed by atoms with E-state index in [9.17, 15) is 4.79 Å². The highest BCUT2D eigenvalue weighted by Gasteiger charge is 2.13. The van der Waals surface area contributed by atoms with Crippen molar-refractivity contribution < 1.29 is 9.53 Å². The van der Waals surface area contributed by atoms with Crippen molar-refractivity contribution in [3.8, 4) is 0 Å². The van der Waals surface area contributed by atoms with E-state index in [1.54, 1.807) is 0 Å².